The smallest absolute Gasteiger partial charge is 0.303 e. The zero-order valence-electron chi connectivity index (χ0n) is 21.5. The van der Waals surface area contributed by atoms with Crippen molar-refractivity contribution >= 4 is 23.5 Å². The van der Waals surface area contributed by atoms with Crippen LogP contribution in [0.15, 0.2) is 72.8 Å². The normalized spacial score (nSPS) is 11.6. The van der Waals surface area contributed by atoms with Gasteiger partial charge in [-0.15, -0.1) is 0 Å². The lowest BCUT2D eigenvalue weighted by Crippen LogP contribution is -2.30. The van der Waals surface area contributed by atoms with Gasteiger partial charge in [-0.25, -0.2) is 0 Å². The van der Waals surface area contributed by atoms with Gasteiger partial charge in [-0.05, 0) is 65.8 Å². The fourth-order valence-corrected chi connectivity index (χ4v) is 4.06. The molecule has 0 bridgehead atoms. The van der Waals surface area contributed by atoms with Crippen LogP contribution in [-0.2, 0) is 22.6 Å². The van der Waals surface area contributed by atoms with Crippen LogP contribution in [-0.4, -0.2) is 22.9 Å². The third-order valence-corrected chi connectivity index (χ3v) is 5.82. The second-order valence-electron chi connectivity index (χ2n) is 9.45. The molecule has 194 valence electrons. The molecule has 0 heterocycles. The number of aryl methyl sites for hydroxylation is 1. The summed E-state index contributed by atoms with van der Waals surface area (Å²) in [7, 11) is 0. The molecule has 2 amide bonds. The van der Waals surface area contributed by atoms with Gasteiger partial charge in [0.05, 0.1) is 6.04 Å². The Balaban J connectivity index is 1.84. The number of carboxylic acid groups (broad SMARTS) is 1. The number of carbonyl (C=O) groups is 3. The van der Waals surface area contributed by atoms with Crippen molar-refractivity contribution in [2.75, 3.05) is 5.32 Å². The first-order valence-corrected chi connectivity index (χ1v) is 12.4. The predicted octanol–water partition coefficient (Wildman–Crippen LogP) is 5.76. The molecule has 7 heteroatoms. The molecule has 1 atom stereocenters. The number of para-hydroxylation sites is 1. The Morgan fingerprint density at radius 1 is 0.946 bits per heavy atom. The van der Waals surface area contributed by atoms with Crippen molar-refractivity contribution in [2.45, 2.75) is 52.7 Å². The molecule has 7 nitrogen and oxygen atoms in total. The maximum atomic E-state index is 13.6. The van der Waals surface area contributed by atoms with E-state index in [1.54, 1.807) is 12.1 Å². The molecular weight excluding hydrogens is 468 g/mol. The zero-order chi connectivity index (χ0) is 26.8. The average Bonchev–Trinajstić information content (AvgIpc) is 2.86. The molecule has 0 spiro atoms. The number of carbonyl (C=O) groups excluding carboxylic acids is 2. The van der Waals surface area contributed by atoms with Crippen LogP contribution >= 0.6 is 0 Å². The third-order valence-electron chi connectivity index (χ3n) is 5.82. The minimum Gasteiger partial charge on any atom is -0.489 e. The van der Waals surface area contributed by atoms with Crippen molar-refractivity contribution in [3.63, 3.8) is 0 Å². The number of hydrogen-bond donors (Lipinski definition) is 3. The Morgan fingerprint density at radius 3 is 2.27 bits per heavy atom. The highest BCUT2D eigenvalue weighted by Crippen LogP contribution is 2.25. The number of anilines is 1. The molecule has 0 aliphatic heterocycles. The van der Waals surface area contributed by atoms with E-state index >= 15 is 0 Å². The molecule has 0 fully saturated rings. The number of benzene rings is 3. The Kier molecular flexibility index (Phi) is 9.84. The van der Waals surface area contributed by atoms with E-state index in [4.69, 9.17) is 4.74 Å². The van der Waals surface area contributed by atoms with Crippen molar-refractivity contribution < 1.29 is 24.2 Å². The number of aliphatic carboxylic acids is 1. The van der Waals surface area contributed by atoms with Crippen molar-refractivity contribution in [1.29, 1.82) is 0 Å². The highest BCUT2D eigenvalue weighted by molar-refractivity contribution is 5.96. The second-order valence-corrected chi connectivity index (χ2v) is 9.45. The van der Waals surface area contributed by atoms with Gasteiger partial charge >= 0.3 is 5.97 Å². The zero-order valence-corrected chi connectivity index (χ0v) is 21.5. The van der Waals surface area contributed by atoms with E-state index in [2.05, 4.69) is 24.5 Å². The second kappa shape index (κ2) is 13.3. The number of amides is 2. The van der Waals surface area contributed by atoms with E-state index in [9.17, 15) is 19.5 Å². The van der Waals surface area contributed by atoms with Crippen molar-refractivity contribution in [1.82, 2.24) is 5.32 Å². The topological polar surface area (TPSA) is 105 Å². The summed E-state index contributed by atoms with van der Waals surface area (Å²) >= 11 is 0. The van der Waals surface area contributed by atoms with Gasteiger partial charge in [0.25, 0.3) is 5.91 Å². The molecule has 0 radical (unpaired) electrons. The van der Waals surface area contributed by atoms with Crippen molar-refractivity contribution in [3.8, 4) is 5.75 Å². The molecule has 3 rings (SSSR count). The lowest BCUT2D eigenvalue weighted by Gasteiger charge is -2.22. The summed E-state index contributed by atoms with van der Waals surface area (Å²) < 4.78 is 5.85. The fourth-order valence-electron chi connectivity index (χ4n) is 4.06. The summed E-state index contributed by atoms with van der Waals surface area (Å²) in [4.78, 5) is 36.1. The Labute approximate surface area is 217 Å². The minimum absolute atomic E-state index is 0.0693. The molecule has 3 aromatic carbocycles. The molecule has 3 aromatic rings. The van der Waals surface area contributed by atoms with Crippen LogP contribution in [0.3, 0.4) is 0 Å². The van der Waals surface area contributed by atoms with E-state index in [0.29, 0.717) is 29.2 Å². The summed E-state index contributed by atoms with van der Waals surface area (Å²) in [6.07, 6.45) is 0.894. The van der Waals surface area contributed by atoms with Crippen LogP contribution in [0.25, 0.3) is 0 Å². The molecule has 0 saturated heterocycles. The van der Waals surface area contributed by atoms with Crippen LogP contribution in [0.1, 0.15) is 66.7 Å². The van der Waals surface area contributed by atoms with E-state index in [1.165, 1.54) is 6.92 Å². The van der Waals surface area contributed by atoms with Crippen LogP contribution < -0.4 is 15.4 Å². The lowest BCUT2D eigenvalue weighted by molar-refractivity contribution is -0.137. The van der Waals surface area contributed by atoms with Gasteiger partial charge in [-0.3, -0.25) is 14.4 Å². The Bertz CT molecular complexity index is 1210. The van der Waals surface area contributed by atoms with E-state index < -0.39 is 5.97 Å². The highest BCUT2D eigenvalue weighted by atomic mass is 16.5. The van der Waals surface area contributed by atoms with Gasteiger partial charge in [0, 0.05) is 24.6 Å². The van der Waals surface area contributed by atoms with Crippen molar-refractivity contribution in [3.05, 3.63) is 95.1 Å². The molecule has 0 saturated carbocycles. The minimum atomic E-state index is -0.917. The third kappa shape index (κ3) is 8.79. The molecule has 0 aromatic heterocycles. The van der Waals surface area contributed by atoms with Gasteiger partial charge in [0.2, 0.25) is 5.91 Å². The lowest BCUT2D eigenvalue weighted by atomic mass is 9.95. The molecule has 37 heavy (non-hydrogen) atoms. The van der Waals surface area contributed by atoms with E-state index in [0.717, 1.165) is 16.9 Å². The number of hydrogen-bond acceptors (Lipinski definition) is 4. The fraction of sp³-hybridized carbons (Fsp3) is 0.300. The highest BCUT2D eigenvalue weighted by Gasteiger charge is 2.20. The van der Waals surface area contributed by atoms with Gasteiger partial charge in [0.1, 0.15) is 12.4 Å². The summed E-state index contributed by atoms with van der Waals surface area (Å²) in [5, 5.41) is 15.1. The van der Waals surface area contributed by atoms with Gasteiger partial charge in [0.15, 0.2) is 0 Å². The van der Waals surface area contributed by atoms with Crippen LogP contribution in [0.2, 0.25) is 0 Å². The molecule has 0 aliphatic carbocycles. The molecule has 0 aliphatic rings. The summed E-state index contributed by atoms with van der Waals surface area (Å²) in [5.74, 6) is -0.288. The Hall–Kier alpha value is -4.13. The van der Waals surface area contributed by atoms with E-state index in [-0.39, 0.29) is 37.3 Å². The SMILES string of the molecule is CC(=O)Nc1ccc(C(CC(C)C)NC(=O)c2cc(COc3ccccc3)ccc2CCC(=O)O)cc1. The van der Waals surface area contributed by atoms with Crippen molar-refractivity contribution in [2.24, 2.45) is 5.92 Å². The maximum Gasteiger partial charge on any atom is 0.303 e. The van der Waals surface area contributed by atoms with Crippen LogP contribution in [0.5, 0.6) is 5.75 Å². The van der Waals surface area contributed by atoms with Gasteiger partial charge < -0.3 is 20.5 Å². The van der Waals surface area contributed by atoms with Crippen LogP contribution in [0.4, 0.5) is 5.69 Å². The number of rotatable bonds is 12. The standard InChI is InChI=1S/C30H34N2O5/c1-20(2)17-28(24-11-14-25(15-12-24)31-21(3)33)32-30(36)27-18-22(9-10-23(27)13-16-29(34)35)19-37-26-7-5-4-6-8-26/h4-12,14-15,18,20,28H,13,16-17,19H2,1-3H3,(H,31,33)(H,32,36)(H,34,35). The quantitative estimate of drug-likeness (QED) is 0.292. The number of carboxylic acids is 1. The summed E-state index contributed by atoms with van der Waals surface area (Å²) in [5.41, 5.74) is 3.54. The number of ether oxygens (including phenoxy) is 1. The summed E-state index contributed by atoms with van der Waals surface area (Å²) in [6.45, 7) is 5.91. The first-order chi connectivity index (χ1) is 17.7. The van der Waals surface area contributed by atoms with Gasteiger partial charge in [-0.1, -0.05) is 56.3 Å². The molecule has 3 N–H and O–H groups in total. The Morgan fingerprint density at radius 2 is 1.65 bits per heavy atom. The predicted molar refractivity (Wildman–Crippen MR) is 144 cm³/mol. The average molecular weight is 503 g/mol. The first-order valence-electron chi connectivity index (χ1n) is 12.4. The summed E-state index contributed by atoms with van der Waals surface area (Å²) in [6, 6.07) is 22.0. The first kappa shape index (κ1) is 27.5. The number of nitrogens with one attached hydrogen (secondary N) is 2. The maximum absolute atomic E-state index is 13.6. The van der Waals surface area contributed by atoms with E-state index in [1.807, 2.05) is 60.7 Å². The molecular formula is C30H34N2O5. The molecule has 1 unspecified atom stereocenters. The van der Waals surface area contributed by atoms with Crippen LogP contribution in [0, 0.1) is 5.92 Å². The monoisotopic (exact) mass is 502 g/mol. The van der Waals surface area contributed by atoms with Gasteiger partial charge in [-0.2, -0.15) is 0 Å². The largest absolute Gasteiger partial charge is 0.489 e.